The smallest absolute Gasteiger partial charge is 0.306 e. The Morgan fingerprint density at radius 3 is 2.87 bits per heavy atom. The van der Waals surface area contributed by atoms with Crippen LogP contribution >= 0.6 is 0 Å². The summed E-state index contributed by atoms with van der Waals surface area (Å²) in [7, 11) is 1.41. The van der Waals surface area contributed by atoms with Crippen molar-refractivity contribution in [3.05, 3.63) is 29.6 Å². The van der Waals surface area contributed by atoms with E-state index in [9.17, 15) is 9.18 Å². The van der Waals surface area contributed by atoms with Gasteiger partial charge in [0.15, 0.2) is 11.6 Å². The first-order valence-corrected chi connectivity index (χ1v) is 4.73. The van der Waals surface area contributed by atoms with E-state index in [1.54, 1.807) is 6.07 Å². The third kappa shape index (κ3) is 1.93. The van der Waals surface area contributed by atoms with Crippen LogP contribution in [-0.4, -0.2) is 13.1 Å². The molecular weight excluding hydrogens is 199 g/mol. The molecule has 0 aliphatic carbocycles. The van der Waals surface area contributed by atoms with Crippen molar-refractivity contribution < 1.29 is 18.7 Å². The summed E-state index contributed by atoms with van der Waals surface area (Å²) in [5.74, 6) is -0.461. The van der Waals surface area contributed by atoms with Crippen molar-refractivity contribution in [1.82, 2.24) is 0 Å². The highest BCUT2D eigenvalue weighted by molar-refractivity contribution is 5.71. The maximum Gasteiger partial charge on any atom is 0.306 e. The van der Waals surface area contributed by atoms with Gasteiger partial charge in [-0.3, -0.25) is 4.79 Å². The van der Waals surface area contributed by atoms with Crippen LogP contribution in [0.3, 0.4) is 0 Å². The Morgan fingerprint density at radius 2 is 2.33 bits per heavy atom. The molecule has 2 rings (SSSR count). The molecule has 15 heavy (non-hydrogen) atoms. The SMILES string of the molecule is COc1ccc([C@H]2CCC(=O)O2)cc1F. The second-order valence-corrected chi connectivity index (χ2v) is 3.41. The fourth-order valence-electron chi connectivity index (χ4n) is 1.64. The second kappa shape index (κ2) is 3.88. The number of cyclic esters (lactones) is 1. The van der Waals surface area contributed by atoms with Crippen LogP contribution in [0.5, 0.6) is 5.75 Å². The minimum atomic E-state index is -0.432. The number of carbonyl (C=O) groups excluding carboxylic acids is 1. The zero-order valence-corrected chi connectivity index (χ0v) is 8.33. The van der Waals surface area contributed by atoms with Gasteiger partial charge in [0.2, 0.25) is 0 Å². The molecule has 1 aromatic rings. The summed E-state index contributed by atoms with van der Waals surface area (Å²) in [6, 6.07) is 4.60. The van der Waals surface area contributed by atoms with Crippen LogP contribution in [0.1, 0.15) is 24.5 Å². The minimum absolute atomic E-state index is 0.197. The standard InChI is InChI=1S/C11H11FO3/c1-14-10-3-2-7(6-8(10)12)9-4-5-11(13)15-9/h2-3,6,9H,4-5H2,1H3/t9-/m1/s1. The maximum absolute atomic E-state index is 13.3. The van der Waals surface area contributed by atoms with E-state index in [2.05, 4.69) is 0 Å². The normalized spacial score (nSPS) is 20.1. The first-order valence-electron chi connectivity index (χ1n) is 4.73. The molecule has 3 nitrogen and oxygen atoms in total. The lowest BCUT2D eigenvalue weighted by Crippen LogP contribution is -1.99. The van der Waals surface area contributed by atoms with E-state index in [1.165, 1.54) is 19.2 Å². The van der Waals surface area contributed by atoms with Gasteiger partial charge >= 0.3 is 5.97 Å². The highest BCUT2D eigenvalue weighted by atomic mass is 19.1. The molecule has 1 fully saturated rings. The van der Waals surface area contributed by atoms with E-state index >= 15 is 0 Å². The molecule has 1 saturated heterocycles. The molecule has 4 heteroatoms. The van der Waals surface area contributed by atoms with Gasteiger partial charge in [0.1, 0.15) is 6.10 Å². The van der Waals surface area contributed by atoms with E-state index < -0.39 is 5.82 Å². The molecule has 0 bridgehead atoms. The Hall–Kier alpha value is -1.58. The third-order valence-electron chi connectivity index (χ3n) is 2.43. The predicted molar refractivity (Wildman–Crippen MR) is 51.0 cm³/mol. The van der Waals surface area contributed by atoms with Crippen LogP contribution in [-0.2, 0) is 9.53 Å². The number of halogens is 1. The summed E-state index contributed by atoms with van der Waals surface area (Å²) in [5, 5.41) is 0. The number of hydrogen-bond acceptors (Lipinski definition) is 3. The van der Waals surface area contributed by atoms with Gasteiger partial charge in [0.05, 0.1) is 7.11 Å². The van der Waals surface area contributed by atoms with E-state index in [0.717, 1.165) is 0 Å². The first kappa shape index (κ1) is 9.96. The van der Waals surface area contributed by atoms with Crippen molar-refractivity contribution >= 4 is 5.97 Å². The molecule has 0 radical (unpaired) electrons. The molecule has 0 aromatic heterocycles. The quantitative estimate of drug-likeness (QED) is 0.702. The molecule has 1 aliphatic rings. The van der Waals surface area contributed by atoms with Crippen molar-refractivity contribution in [3.63, 3.8) is 0 Å². The molecule has 80 valence electrons. The molecule has 0 saturated carbocycles. The largest absolute Gasteiger partial charge is 0.494 e. The summed E-state index contributed by atoms with van der Waals surface area (Å²) >= 11 is 0. The van der Waals surface area contributed by atoms with Crippen molar-refractivity contribution in [2.24, 2.45) is 0 Å². The maximum atomic E-state index is 13.3. The highest BCUT2D eigenvalue weighted by Gasteiger charge is 2.25. The zero-order chi connectivity index (χ0) is 10.8. The minimum Gasteiger partial charge on any atom is -0.494 e. The van der Waals surface area contributed by atoms with Gasteiger partial charge in [-0.2, -0.15) is 0 Å². The second-order valence-electron chi connectivity index (χ2n) is 3.41. The van der Waals surface area contributed by atoms with E-state index in [-0.39, 0.29) is 17.8 Å². The van der Waals surface area contributed by atoms with Crippen LogP contribution in [0, 0.1) is 5.82 Å². The number of esters is 1. The predicted octanol–water partition coefficient (Wildman–Crippen LogP) is 2.21. The monoisotopic (exact) mass is 210 g/mol. The summed E-state index contributed by atoms with van der Waals surface area (Å²) in [6.07, 6.45) is 0.709. The lowest BCUT2D eigenvalue weighted by Gasteiger charge is -2.10. The van der Waals surface area contributed by atoms with Gasteiger partial charge in [0.25, 0.3) is 0 Å². The van der Waals surface area contributed by atoms with Gasteiger partial charge in [-0.05, 0) is 24.1 Å². The van der Waals surface area contributed by atoms with Crippen molar-refractivity contribution in [3.8, 4) is 5.75 Å². The number of rotatable bonds is 2. The molecule has 1 atom stereocenters. The topological polar surface area (TPSA) is 35.5 Å². The van der Waals surface area contributed by atoms with Crippen molar-refractivity contribution in [2.75, 3.05) is 7.11 Å². The van der Waals surface area contributed by atoms with Crippen molar-refractivity contribution in [2.45, 2.75) is 18.9 Å². The fourth-order valence-corrected chi connectivity index (χ4v) is 1.64. The number of ether oxygens (including phenoxy) is 2. The lowest BCUT2D eigenvalue weighted by atomic mass is 10.1. The molecule has 1 aromatic carbocycles. The molecule has 0 unspecified atom stereocenters. The Balaban J connectivity index is 2.22. The van der Waals surface area contributed by atoms with Crippen LogP contribution in [0.4, 0.5) is 4.39 Å². The Bertz CT molecular complexity index is 389. The van der Waals surface area contributed by atoms with Gasteiger partial charge in [-0.15, -0.1) is 0 Å². The van der Waals surface area contributed by atoms with Crippen LogP contribution in [0.2, 0.25) is 0 Å². The highest BCUT2D eigenvalue weighted by Crippen LogP contribution is 2.31. The van der Waals surface area contributed by atoms with Crippen molar-refractivity contribution in [1.29, 1.82) is 0 Å². The van der Waals surface area contributed by atoms with E-state index in [4.69, 9.17) is 9.47 Å². The van der Waals surface area contributed by atoms with Gasteiger partial charge < -0.3 is 9.47 Å². The average Bonchev–Trinajstić information content (AvgIpc) is 2.65. The molecule has 0 spiro atoms. The molecule has 0 N–H and O–H groups in total. The van der Waals surface area contributed by atoms with Crippen LogP contribution in [0.15, 0.2) is 18.2 Å². The lowest BCUT2D eigenvalue weighted by molar-refractivity contribution is -0.141. The number of hydrogen-bond donors (Lipinski definition) is 0. The number of carbonyl (C=O) groups is 1. The van der Waals surface area contributed by atoms with Gasteiger partial charge in [-0.25, -0.2) is 4.39 Å². The molecule has 0 amide bonds. The van der Waals surface area contributed by atoms with Crippen LogP contribution in [0.25, 0.3) is 0 Å². The first-order chi connectivity index (χ1) is 7.20. The molecule has 1 heterocycles. The summed E-state index contributed by atoms with van der Waals surface area (Å²) in [4.78, 5) is 10.9. The zero-order valence-electron chi connectivity index (χ0n) is 8.33. The van der Waals surface area contributed by atoms with Gasteiger partial charge in [-0.1, -0.05) is 6.07 Å². The Kier molecular flexibility index (Phi) is 2.58. The van der Waals surface area contributed by atoms with Gasteiger partial charge in [0, 0.05) is 6.42 Å². The van der Waals surface area contributed by atoms with Crippen LogP contribution < -0.4 is 4.74 Å². The summed E-state index contributed by atoms with van der Waals surface area (Å²) in [6.45, 7) is 0. The molecular formula is C11H11FO3. The number of benzene rings is 1. The summed E-state index contributed by atoms with van der Waals surface area (Å²) < 4.78 is 23.2. The number of methoxy groups -OCH3 is 1. The Morgan fingerprint density at radius 1 is 1.53 bits per heavy atom. The summed E-state index contributed by atoms with van der Waals surface area (Å²) in [5.41, 5.74) is 0.680. The average molecular weight is 210 g/mol. The molecule has 1 aliphatic heterocycles. The fraction of sp³-hybridized carbons (Fsp3) is 0.364. The van der Waals surface area contributed by atoms with E-state index in [1.807, 2.05) is 0 Å². The Labute approximate surface area is 86.8 Å². The third-order valence-corrected chi connectivity index (χ3v) is 2.43. The van der Waals surface area contributed by atoms with E-state index in [0.29, 0.717) is 18.4 Å².